The molecule has 0 saturated carbocycles. The lowest BCUT2D eigenvalue weighted by molar-refractivity contribution is 0.181. The summed E-state index contributed by atoms with van der Waals surface area (Å²) in [6.45, 7) is 3.48. The third kappa shape index (κ3) is 4.50. The molecule has 0 spiro atoms. The van der Waals surface area contributed by atoms with Crippen molar-refractivity contribution in [1.29, 1.82) is 0 Å². The molecule has 0 unspecified atom stereocenters. The van der Waals surface area contributed by atoms with E-state index >= 15 is 0 Å². The Balaban J connectivity index is 1.43. The first-order valence-corrected chi connectivity index (χ1v) is 11.3. The largest absolute Gasteiger partial charge is 0.490 e. The van der Waals surface area contributed by atoms with Crippen LogP contribution >= 0.6 is 11.6 Å². The molecule has 6 nitrogen and oxygen atoms in total. The Morgan fingerprint density at radius 3 is 2.41 bits per heavy atom. The first-order valence-electron chi connectivity index (χ1n) is 9.49. The monoisotopic (exact) mass is 440 g/mol. The van der Waals surface area contributed by atoms with Crippen LogP contribution in [-0.4, -0.2) is 57.0 Å². The molecule has 0 N–H and O–H groups in total. The molecule has 0 radical (unpaired) electrons. The molecule has 2 aromatic carbocycles. The van der Waals surface area contributed by atoms with E-state index in [1.54, 1.807) is 24.3 Å². The number of hydrogen-bond acceptors (Lipinski definition) is 5. The molecule has 0 aromatic heterocycles. The molecule has 0 bridgehead atoms. The van der Waals surface area contributed by atoms with Gasteiger partial charge in [0.05, 0.1) is 18.1 Å². The highest BCUT2D eigenvalue weighted by molar-refractivity contribution is 7.89. The summed E-state index contributed by atoms with van der Waals surface area (Å²) in [5, 5.41) is 0.382. The highest BCUT2D eigenvalue weighted by atomic mass is 35.5. The van der Waals surface area contributed by atoms with E-state index in [2.05, 4.69) is 4.90 Å². The van der Waals surface area contributed by atoms with Crippen LogP contribution in [0.1, 0.15) is 12.0 Å². The summed E-state index contributed by atoms with van der Waals surface area (Å²) in [4.78, 5) is 2.32. The van der Waals surface area contributed by atoms with Gasteiger partial charge in [-0.1, -0.05) is 17.7 Å². The van der Waals surface area contributed by atoms with Crippen LogP contribution in [0.5, 0.6) is 11.5 Å². The molecule has 0 amide bonds. The van der Waals surface area contributed by atoms with Gasteiger partial charge in [-0.2, -0.15) is 4.31 Å². The molecule has 9 heteroatoms. The van der Waals surface area contributed by atoms with Crippen molar-refractivity contribution in [3.05, 3.63) is 52.8 Å². The van der Waals surface area contributed by atoms with E-state index in [9.17, 15) is 12.8 Å². The zero-order valence-electron chi connectivity index (χ0n) is 15.8. The van der Waals surface area contributed by atoms with E-state index in [1.807, 2.05) is 0 Å². The summed E-state index contributed by atoms with van der Waals surface area (Å²) in [5.41, 5.74) is 0.826. The summed E-state index contributed by atoms with van der Waals surface area (Å²) in [6.07, 6.45) is 0.761. The normalized spacial score (nSPS) is 18.4. The number of halogens is 2. The van der Waals surface area contributed by atoms with E-state index in [1.165, 1.54) is 16.4 Å². The number of rotatable bonds is 4. The van der Waals surface area contributed by atoms with E-state index in [0.29, 0.717) is 62.5 Å². The first kappa shape index (κ1) is 20.4. The zero-order chi connectivity index (χ0) is 20.4. The Morgan fingerprint density at radius 1 is 0.966 bits per heavy atom. The van der Waals surface area contributed by atoms with Crippen molar-refractivity contribution in [3.8, 4) is 11.5 Å². The minimum atomic E-state index is -3.62. The average Bonchev–Trinajstić information content (AvgIpc) is 2.95. The maximum atomic E-state index is 13.2. The topological polar surface area (TPSA) is 59.1 Å². The van der Waals surface area contributed by atoms with Crippen LogP contribution < -0.4 is 9.47 Å². The minimum absolute atomic E-state index is 0.205. The molecule has 2 heterocycles. The van der Waals surface area contributed by atoms with Gasteiger partial charge in [0.1, 0.15) is 5.82 Å². The number of fused-ring (bicyclic) bond motifs is 1. The molecule has 29 heavy (non-hydrogen) atoms. The Morgan fingerprint density at radius 2 is 1.69 bits per heavy atom. The lowest BCUT2D eigenvalue weighted by Crippen LogP contribution is -2.48. The van der Waals surface area contributed by atoms with Gasteiger partial charge in [0.25, 0.3) is 0 Å². The van der Waals surface area contributed by atoms with E-state index < -0.39 is 10.0 Å². The number of piperazine rings is 1. The first-order chi connectivity index (χ1) is 13.9. The number of nitrogens with zero attached hydrogens (tertiary/aromatic N) is 2. The molecule has 1 fully saturated rings. The van der Waals surface area contributed by atoms with Gasteiger partial charge in [-0.25, -0.2) is 12.8 Å². The third-order valence-corrected chi connectivity index (χ3v) is 7.34. The third-order valence-electron chi connectivity index (χ3n) is 5.10. The van der Waals surface area contributed by atoms with Crippen LogP contribution in [0.3, 0.4) is 0 Å². The fourth-order valence-electron chi connectivity index (χ4n) is 3.47. The second kappa shape index (κ2) is 8.47. The standard InChI is InChI=1S/C20H22ClFN2O4S/c21-18-12-16(22)3-2-15(18)14-23-6-8-24(9-7-23)29(25,26)17-4-5-19-20(13-17)28-11-1-10-27-19/h2-5,12-13H,1,6-11,14H2. The molecule has 2 aliphatic rings. The molecule has 0 atom stereocenters. The van der Waals surface area contributed by atoms with Crippen molar-refractivity contribution in [2.75, 3.05) is 39.4 Å². The Hall–Kier alpha value is -1.87. The number of benzene rings is 2. The van der Waals surface area contributed by atoms with Crippen LogP contribution in [0.15, 0.2) is 41.3 Å². The van der Waals surface area contributed by atoms with Crippen LogP contribution in [0.2, 0.25) is 5.02 Å². The lowest BCUT2D eigenvalue weighted by Gasteiger charge is -2.34. The molecule has 1 saturated heterocycles. The van der Waals surface area contributed by atoms with Gasteiger partial charge >= 0.3 is 0 Å². The smallest absolute Gasteiger partial charge is 0.243 e. The Kier molecular flexibility index (Phi) is 5.96. The van der Waals surface area contributed by atoms with Crippen molar-refractivity contribution in [3.63, 3.8) is 0 Å². The van der Waals surface area contributed by atoms with Crippen molar-refractivity contribution >= 4 is 21.6 Å². The maximum Gasteiger partial charge on any atom is 0.243 e. The molecular formula is C20H22ClFN2O4S. The van der Waals surface area contributed by atoms with Gasteiger partial charge in [0, 0.05) is 50.2 Å². The van der Waals surface area contributed by atoms with Crippen LogP contribution in [0, 0.1) is 5.82 Å². The van der Waals surface area contributed by atoms with Crippen molar-refractivity contribution in [2.45, 2.75) is 17.9 Å². The number of ether oxygens (including phenoxy) is 2. The predicted molar refractivity (Wildman–Crippen MR) is 107 cm³/mol. The SMILES string of the molecule is O=S(=O)(c1ccc2c(c1)OCCCO2)N1CCN(Cc2ccc(F)cc2Cl)CC1. The van der Waals surface area contributed by atoms with Gasteiger partial charge in [0.2, 0.25) is 10.0 Å². The summed E-state index contributed by atoms with van der Waals surface area (Å²) in [5.74, 6) is 0.667. The van der Waals surface area contributed by atoms with Crippen LogP contribution in [0.25, 0.3) is 0 Å². The van der Waals surface area contributed by atoms with Crippen molar-refractivity contribution in [2.24, 2.45) is 0 Å². The van der Waals surface area contributed by atoms with E-state index in [4.69, 9.17) is 21.1 Å². The summed E-state index contributed by atoms with van der Waals surface area (Å²) >= 11 is 6.10. The van der Waals surface area contributed by atoms with Crippen LogP contribution in [-0.2, 0) is 16.6 Å². The zero-order valence-corrected chi connectivity index (χ0v) is 17.4. The summed E-state index contributed by atoms with van der Waals surface area (Å²) < 4.78 is 52.0. The fourth-order valence-corrected chi connectivity index (χ4v) is 5.14. The highest BCUT2D eigenvalue weighted by Gasteiger charge is 2.29. The Bertz CT molecular complexity index is 994. The molecular weight excluding hydrogens is 419 g/mol. The second-order valence-electron chi connectivity index (χ2n) is 7.07. The molecule has 156 valence electrons. The highest BCUT2D eigenvalue weighted by Crippen LogP contribution is 2.33. The number of hydrogen-bond donors (Lipinski definition) is 0. The fraction of sp³-hybridized carbons (Fsp3) is 0.400. The van der Waals surface area contributed by atoms with Crippen molar-refractivity contribution < 1.29 is 22.3 Å². The summed E-state index contributed by atoms with van der Waals surface area (Å²) in [6, 6.07) is 9.10. The Labute approximate surface area is 174 Å². The van der Waals surface area contributed by atoms with Gasteiger partial charge < -0.3 is 9.47 Å². The van der Waals surface area contributed by atoms with Gasteiger partial charge in [0.15, 0.2) is 11.5 Å². The minimum Gasteiger partial charge on any atom is -0.490 e. The lowest BCUT2D eigenvalue weighted by atomic mass is 10.2. The quantitative estimate of drug-likeness (QED) is 0.731. The summed E-state index contributed by atoms with van der Waals surface area (Å²) in [7, 11) is -3.62. The van der Waals surface area contributed by atoms with Gasteiger partial charge in [-0.15, -0.1) is 0 Å². The molecule has 2 aliphatic heterocycles. The average molecular weight is 441 g/mol. The van der Waals surface area contributed by atoms with E-state index in [-0.39, 0.29) is 10.7 Å². The number of sulfonamides is 1. The maximum absolute atomic E-state index is 13.2. The van der Waals surface area contributed by atoms with Gasteiger partial charge in [-0.3, -0.25) is 4.90 Å². The van der Waals surface area contributed by atoms with Gasteiger partial charge in [-0.05, 0) is 29.8 Å². The van der Waals surface area contributed by atoms with Crippen molar-refractivity contribution in [1.82, 2.24) is 9.21 Å². The molecule has 2 aromatic rings. The van der Waals surface area contributed by atoms with Crippen LogP contribution in [0.4, 0.5) is 4.39 Å². The second-order valence-corrected chi connectivity index (χ2v) is 9.42. The van der Waals surface area contributed by atoms with E-state index in [0.717, 1.165) is 12.0 Å². The molecule has 0 aliphatic carbocycles. The predicted octanol–water partition coefficient (Wildman–Crippen LogP) is 3.15. The molecule has 4 rings (SSSR count).